The van der Waals surface area contributed by atoms with Crippen LogP contribution in [0.5, 0.6) is 0 Å². The standard InChI is InChI=1S/C12H14F3N.ClH/c13-12(14,15)8-11(6-10(16)7-11)9-4-2-1-3-5-9;/h1-5,10H,6-8,16H2;1H. The Labute approximate surface area is 105 Å². The van der Waals surface area contributed by atoms with Gasteiger partial charge in [-0.2, -0.15) is 13.2 Å². The van der Waals surface area contributed by atoms with Crippen molar-refractivity contribution in [2.24, 2.45) is 5.73 Å². The van der Waals surface area contributed by atoms with Gasteiger partial charge < -0.3 is 5.73 Å². The number of benzene rings is 1. The van der Waals surface area contributed by atoms with E-state index in [4.69, 9.17) is 5.73 Å². The molecule has 1 fully saturated rings. The molecule has 0 amide bonds. The molecule has 2 N–H and O–H groups in total. The second kappa shape index (κ2) is 4.86. The summed E-state index contributed by atoms with van der Waals surface area (Å²) in [6, 6.07) is 8.79. The third kappa shape index (κ3) is 3.13. The van der Waals surface area contributed by atoms with Crippen molar-refractivity contribution in [2.75, 3.05) is 0 Å². The Balaban J connectivity index is 0.00000144. The Kier molecular flexibility index (Phi) is 4.10. The summed E-state index contributed by atoms with van der Waals surface area (Å²) in [4.78, 5) is 0. The van der Waals surface area contributed by atoms with Crippen molar-refractivity contribution < 1.29 is 13.2 Å². The van der Waals surface area contributed by atoms with E-state index in [1.807, 2.05) is 6.07 Å². The molecule has 0 aliphatic heterocycles. The molecule has 0 saturated heterocycles. The minimum atomic E-state index is -4.13. The lowest BCUT2D eigenvalue weighted by Gasteiger charge is -2.47. The maximum Gasteiger partial charge on any atom is 0.389 e. The molecule has 0 radical (unpaired) electrons. The van der Waals surface area contributed by atoms with Crippen LogP contribution in [-0.2, 0) is 5.41 Å². The van der Waals surface area contributed by atoms with Gasteiger partial charge in [-0.25, -0.2) is 0 Å². The van der Waals surface area contributed by atoms with E-state index in [-0.39, 0.29) is 18.4 Å². The topological polar surface area (TPSA) is 26.0 Å². The van der Waals surface area contributed by atoms with Crippen molar-refractivity contribution in [2.45, 2.75) is 36.9 Å². The van der Waals surface area contributed by atoms with Crippen LogP contribution in [0.25, 0.3) is 0 Å². The molecule has 17 heavy (non-hydrogen) atoms. The van der Waals surface area contributed by atoms with Crippen LogP contribution in [-0.4, -0.2) is 12.2 Å². The molecule has 1 aromatic carbocycles. The van der Waals surface area contributed by atoms with Crippen molar-refractivity contribution in [1.82, 2.24) is 0 Å². The molecule has 1 aliphatic carbocycles. The average molecular weight is 266 g/mol. The first-order valence-corrected chi connectivity index (χ1v) is 5.29. The van der Waals surface area contributed by atoms with Gasteiger partial charge in [0.1, 0.15) is 0 Å². The molecule has 1 nitrogen and oxygen atoms in total. The number of halogens is 4. The lowest BCUT2D eigenvalue weighted by molar-refractivity contribution is -0.156. The molecular formula is C12H15ClF3N. The first-order chi connectivity index (χ1) is 7.41. The van der Waals surface area contributed by atoms with E-state index in [1.165, 1.54) is 0 Å². The molecule has 1 aliphatic rings. The van der Waals surface area contributed by atoms with Crippen molar-refractivity contribution in [1.29, 1.82) is 0 Å². The fraction of sp³-hybridized carbons (Fsp3) is 0.500. The minimum Gasteiger partial charge on any atom is -0.328 e. The zero-order valence-electron chi connectivity index (χ0n) is 9.20. The highest BCUT2D eigenvalue weighted by Crippen LogP contribution is 2.49. The maximum absolute atomic E-state index is 12.5. The Morgan fingerprint density at radius 1 is 1.18 bits per heavy atom. The zero-order valence-corrected chi connectivity index (χ0v) is 10.0. The third-order valence-electron chi connectivity index (χ3n) is 3.23. The van der Waals surface area contributed by atoms with E-state index >= 15 is 0 Å². The SMILES string of the molecule is Cl.NC1CC(CC(F)(F)F)(c2ccccc2)C1. The number of hydrogen-bond acceptors (Lipinski definition) is 1. The van der Waals surface area contributed by atoms with Gasteiger partial charge in [-0.05, 0) is 18.4 Å². The zero-order chi connectivity index (χ0) is 11.8. The van der Waals surface area contributed by atoms with E-state index in [2.05, 4.69) is 0 Å². The molecular weight excluding hydrogens is 251 g/mol. The Bertz CT molecular complexity index is 358. The molecule has 96 valence electrons. The summed E-state index contributed by atoms with van der Waals surface area (Å²) in [5, 5.41) is 0. The van der Waals surface area contributed by atoms with Crippen LogP contribution in [0.3, 0.4) is 0 Å². The van der Waals surface area contributed by atoms with E-state index in [9.17, 15) is 13.2 Å². The van der Waals surface area contributed by atoms with Crippen molar-refractivity contribution >= 4 is 12.4 Å². The second-order valence-electron chi connectivity index (χ2n) is 4.61. The van der Waals surface area contributed by atoms with Crippen LogP contribution in [0.2, 0.25) is 0 Å². The quantitative estimate of drug-likeness (QED) is 0.871. The van der Waals surface area contributed by atoms with E-state index in [1.54, 1.807) is 24.3 Å². The van der Waals surface area contributed by atoms with Crippen molar-refractivity contribution in [3.63, 3.8) is 0 Å². The summed E-state index contributed by atoms with van der Waals surface area (Å²) in [6.45, 7) is 0. The van der Waals surface area contributed by atoms with Gasteiger partial charge in [0.05, 0.1) is 6.42 Å². The van der Waals surface area contributed by atoms with Gasteiger partial charge in [-0.3, -0.25) is 0 Å². The normalized spacial score (nSPS) is 28.1. The van der Waals surface area contributed by atoms with Gasteiger partial charge >= 0.3 is 6.18 Å². The predicted octanol–water partition coefficient (Wildman–Crippen LogP) is 3.42. The highest BCUT2D eigenvalue weighted by Gasteiger charge is 2.50. The van der Waals surface area contributed by atoms with Crippen LogP contribution in [0.1, 0.15) is 24.8 Å². The fourth-order valence-corrected chi connectivity index (χ4v) is 2.60. The van der Waals surface area contributed by atoms with Gasteiger partial charge in [0, 0.05) is 11.5 Å². The Morgan fingerprint density at radius 3 is 2.12 bits per heavy atom. The number of nitrogens with two attached hydrogens (primary N) is 1. The van der Waals surface area contributed by atoms with E-state index in [0.29, 0.717) is 12.8 Å². The fourth-order valence-electron chi connectivity index (χ4n) is 2.60. The lowest BCUT2D eigenvalue weighted by Crippen LogP contribution is -2.51. The molecule has 1 aromatic rings. The number of rotatable bonds is 2. The monoisotopic (exact) mass is 265 g/mol. The summed E-state index contributed by atoms with van der Waals surface area (Å²) in [5.74, 6) is 0. The van der Waals surface area contributed by atoms with E-state index in [0.717, 1.165) is 5.56 Å². The van der Waals surface area contributed by atoms with Crippen LogP contribution in [0, 0.1) is 0 Å². The summed E-state index contributed by atoms with van der Waals surface area (Å²) in [7, 11) is 0. The molecule has 0 bridgehead atoms. The highest BCUT2D eigenvalue weighted by molar-refractivity contribution is 5.85. The van der Waals surface area contributed by atoms with Crippen molar-refractivity contribution in [3.8, 4) is 0 Å². The average Bonchev–Trinajstić information content (AvgIpc) is 2.14. The molecule has 0 atom stereocenters. The van der Waals surface area contributed by atoms with Crippen LogP contribution < -0.4 is 5.73 Å². The predicted molar refractivity (Wildman–Crippen MR) is 63.2 cm³/mol. The smallest absolute Gasteiger partial charge is 0.328 e. The first kappa shape index (κ1) is 14.3. The summed E-state index contributed by atoms with van der Waals surface area (Å²) in [6.07, 6.45) is -4.04. The summed E-state index contributed by atoms with van der Waals surface area (Å²) in [5.41, 5.74) is 5.62. The van der Waals surface area contributed by atoms with E-state index < -0.39 is 18.0 Å². The van der Waals surface area contributed by atoms with Crippen LogP contribution in [0.4, 0.5) is 13.2 Å². The molecule has 0 unspecified atom stereocenters. The van der Waals surface area contributed by atoms with Crippen LogP contribution >= 0.6 is 12.4 Å². The number of alkyl halides is 3. The lowest BCUT2D eigenvalue weighted by atomic mass is 9.60. The molecule has 2 rings (SSSR count). The molecule has 5 heteroatoms. The van der Waals surface area contributed by atoms with Crippen molar-refractivity contribution in [3.05, 3.63) is 35.9 Å². The molecule has 0 spiro atoms. The van der Waals surface area contributed by atoms with Crippen LogP contribution in [0.15, 0.2) is 30.3 Å². The Morgan fingerprint density at radius 2 is 1.71 bits per heavy atom. The van der Waals surface area contributed by atoms with Gasteiger partial charge in [0.2, 0.25) is 0 Å². The largest absolute Gasteiger partial charge is 0.389 e. The van der Waals surface area contributed by atoms with Gasteiger partial charge in [-0.15, -0.1) is 12.4 Å². The minimum absolute atomic E-state index is 0. The number of hydrogen-bond donors (Lipinski definition) is 1. The first-order valence-electron chi connectivity index (χ1n) is 5.29. The van der Waals surface area contributed by atoms with Gasteiger partial charge in [0.15, 0.2) is 0 Å². The van der Waals surface area contributed by atoms with Gasteiger partial charge in [-0.1, -0.05) is 30.3 Å². The summed E-state index contributed by atoms with van der Waals surface area (Å²) < 4.78 is 37.6. The molecule has 0 heterocycles. The molecule has 1 saturated carbocycles. The second-order valence-corrected chi connectivity index (χ2v) is 4.61. The Hall–Kier alpha value is -0.740. The maximum atomic E-state index is 12.5. The van der Waals surface area contributed by atoms with Gasteiger partial charge in [0.25, 0.3) is 0 Å². The summed E-state index contributed by atoms with van der Waals surface area (Å²) >= 11 is 0. The third-order valence-corrected chi connectivity index (χ3v) is 3.23. The highest BCUT2D eigenvalue weighted by atomic mass is 35.5. The molecule has 0 aromatic heterocycles.